The SMILES string of the molecule is CC[C@H](C(=O)N(CCC(C)C)CC(=O)Nc1cc(C)on1)c1ccccc1. The van der Waals surface area contributed by atoms with E-state index in [0.29, 0.717) is 30.5 Å². The lowest BCUT2D eigenvalue weighted by Crippen LogP contribution is -2.41. The molecule has 0 fully saturated rings. The summed E-state index contributed by atoms with van der Waals surface area (Å²) in [6, 6.07) is 11.4. The number of nitrogens with one attached hydrogen (secondary N) is 1. The number of benzene rings is 1. The van der Waals surface area contributed by atoms with E-state index >= 15 is 0 Å². The van der Waals surface area contributed by atoms with Gasteiger partial charge in [-0.05, 0) is 31.2 Å². The van der Waals surface area contributed by atoms with Gasteiger partial charge in [0.2, 0.25) is 11.8 Å². The number of amides is 2. The Hall–Kier alpha value is -2.63. The smallest absolute Gasteiger partial charge is 0.245 e. The van der Waals surface area contributed by atoms with E-state index in [-0.39, 0.29) is 24.3 Å². The number of rotatable bonds is 9. The fourth-order valence-corrected chi connectivity index (χ4v) is 2.92. The van der Waals surface area contributed by atoms with Gasteiger partial charge >= 0.3 is 0 Å². The molecule has 0 radical (unpaired) electrons. The van der Waals surface area contributed by atoms with Crippen LogP contribution < -0.4 is 5.32 Å². The van der Waals surface area contributed by atoms with Gasteiger partial charge < -0.3 is 14.7 Å². The van der Waals surface area contributed by atoms with Crippen LogP contribution in [0.4, 0.5) is 5.82 Å². The van der Waals surface area contributed by atoms with E-state index < -0.39 is 0 Å². The fraction of sp³-hybridized carbons (Fsp3) is 0.476. The van der Waals surface area contributed by atoms with Crippen molar-refractivity contribution in [1.82, 2.24) is 10.1 Å². The first kappa shape index (κ1) is 20.7. The molecule has 1 aromatic carbocycles. The minimum Gasteiger partial charge on any atom is -0.360 e. The second kappa shape index (κ2) is 9.90. The third kappa shape index (κ3) is 6.24. The summed E-state index contributed by atoms with van der Waals surface area (Å²) in [5, 5.41) is 6.47. The number of aryl methyl sites for hydroxylation is 1. The van der Waals surface area contributed by atoms with Crippen LogP contribution in [0.25, 0.3) is 0 Å². The Bertz CT molecular complexity index is 740. The molecule has 0 aliphatic carbocycles. The maximum atomic E-state index is 13.2. The summed E-state index contributed by atoms with van der Waals surface area (Å²) in [6.07, 6.45) is 1.53. The quantitative estimate of drug-likeness (QED) is 0.723. The molecule has 0 saturated heterocycles. The first-order valence-electron chi connectivity index (χ1n) is 9.47. The van der Waals surface area contributed by atoms with E-state index in [9.17, 15) is 9.59 Å². The maximum absolute atomic E-state index is 13.2. The second-order valence-electron chi connectivity index (χ2n) is 7.18. The van der Waals surface area contributed by atoms with Gasteiger partial charge in [0.25, 0.3) is 0 Å². The Morgan fingerprint density at radius 2 is 1.93 bits per heavy atom. The molecule has 1 atom stereocenters. The largest absolute Gasteiger partial charge is 0.360 e. The van der Waals surface area contributed by atoms with Crippen LogP contribution in [0.3, 0.4) is 0 Å². The number of aromatic nitrogens is 1. The molecule has 6 nitrogen and oxygen atoms in total. The number of carbonyl (C=O) groups excluding carboxylic acids is 2. The van der Waals surface area contributed by atoms with Crippen molar-refractivity contribution >= 4 is 17.6 Å². The third-order valence-corrected chi connectivity index (χ3v) is 4.43. The standard InChI is InChI=1S/C21H29N3O3/c1-5-18(17-9-7-6-8-10-17)21(26)24(12-11-15(2)3)14-20(25)22-19-13-16(4)27-23-19/h6-10,13,15,18H,5,11-12,14H2,1-4H3,(H,22,23,25)/t18-/m0/s1. The Labute approximate surface area is 160 Å². The summed E-state index contributed by atoms with van der Waals surface area (Å²) < 4.78 is 4.96. The number of hydrogen-bond acceptors (Lipinski definition) is 4. The van der Waals surface area contributed by atoms with Crippen LogP contribution >= 0.6 is 0 Å². The van der Waals surface area contributed by atoms with Gasteiger partial charge in [0.05, 0.1) is 12.5 Å². The fourth-order valence-electron chi connectivity index (χ4n) is 2.92. The van der Waals surface area contributed by atoms with Crippen LogP contribution in [0.15, 0.2) is 40.9 Å². The lowest BCUT2D eigenvalue weighted by Gasteiger charge is -2.27. The van der Waals surface area contributed by atoms with Gasteiger partial charge in [-0.25, -0.2) is 0 Å². The van der Waals surface area contributed by atoms with Crippen molar-refractivity contribution in [2.24, 2.45) is 5.92 Å². The third-order valence-electron chi connectivity index (χ3n) is 4.43. The van der Waals surface area contributed by atoms with Crippen LogP contribution in [-0.4, -0.2) is 35.0 Å². The van der Waals surface area contributed by atoms with Crippen LogP contribution in [0.1, 0.15) is 50.9 Å². The van der Waals surface area contributed by atoms with Crippen LogP contribution in [-0.2, 0) is 9.59 Å². The molecule has 146 valence electrons. The second-order valence-corrected chi connectivity index (χ2v) is 7.18. The average Bonchev–Trinajstić information content (AvgIpc) is 3.04. The highest BCUT2D eigenvalue weighted by atomic mass is 16.5. The van der Waals surface area contributed by atoms with E-state index in [1.807, 2.05) is 37.3 Å². The Morgan fingerprint density at radius 1 is 1.22 bits per heavy atom. The summed E-state index contributed by atoms with van der Waals surface area (Å²) in [5.74, 6) is 0.884. The molecule has 0 saturated carbocycles. The molecule has 6 heteroatoms. The zero-order valence-corrected chi connectivity index (χ0v) is 16.6. The number of carbonyl (C=O) groups is 2. The van der Waals surface area contributed by atoms with Crippen LogP contribution in [0, 0.1) is 12.8 Å². The molecule has 0 spiro atoms. The monoisotopic (exact) mass is 371 g/mol. The molecule has 2 amide bonds. The van der Waals surface area contributed by atoms with Crippen LogP contribution in [0.5, 0.6) is 0 Å². The van der Waals surface area contributed by atoms with Crippen molar-refractivity contribution in [3.63, 3.8) is 0 Å². The van der Waals surface area contributed by atoms with E-state index in [0.717, 1.165) is 12.0 Å². The molecule has 1 heterocycles. The maximum Gasteiger partial charge on any atom is 0.245 e. The van der Waals surface area contributed by atoms with Crippen molar-refractivity contribution in [2.75, 3.05) is 18.4 Å². The molecule has 0 aliphatic heterocycles. The van der Waals surface area contributed by atoms with Crippen LogP contribution in [0.2, 0.25) is 0 Å². The molecular weight excluding hydrogens is 342 g/mol. The lowest BCUT2D eigenvalue weighted by molar-refractivity contribution is -0.136. The average molecular weight is 371 g/mol. The molecule has 27 heavy (non-hydrogen) atoms. The first-order valence-corrected chi connectivity index (χ1v) is 9.47. The highest BCUT2D eigenvalue weighted by molar-refractivity contribution is 5.95. The molecule has 2 aromatic rings. The normalized spacial score (nSPS) is 12.0. The molecule has 1 aromatic heterocycles. The predicted octanol–water partition coefficient (Wildman–Crippen LogP) is 3.99. The first-order chi connectivity index (χ1) is 12.9. The van der Waals surface area contributed by atoms with Gasteiger partial charge in [0.1, 0.15) is 5.76 Å². The van der Waals surface area contributed by atoms with Crippen molar-refractivity contribution in [2.45, 2.75) is 46.5 Å². The van der Waals surface area contributed by atoms with E-state index in [1.165, 1.54) is 0 Å². The van der Waals surface area contributed by atoms with E-state index in [2.05, 4.69) is 24.3 Å². The van der Waals surface area contributed by atoms with Gasteiger partial charge in [-0.2, -0.15) is 0 Å². The van der Waals surface area contributed by atoms with Gasteiger partial charge in [0, 0.05) is 12.6 Å². The Balaban J connectivity index is 2.11. The van der Waals surface area contributed by atoms with Crippen molar-refractivity contribution in [3.05, 3.63) is 47.7 Å². The molecular formula is C21H29N3O3. The summed E-state index contributed by atoms with van der Waals surface area (Å²) in [5.41, 5.74) is 0.979. The highest BCUT2D eigenvalue weighted by Crippen LogP contribution is 2.22. The number of anilines is 1. The number of hydrogen-bond donors (Lipinski definition) is 1. The Morgan fingerprint density at radius 3 is 2.48 bits per heavy atom. The highest BCUT2D eigenvalue weighted by Gasteiger charge is 2.26. The van der Waals surface area contributed by atoms with Gasteiger partial charge in [-0.1, -0.05) is 56.3 Å². The molecule has 0 unspecified atom stereocenters. The van der Waals surface area contributed by atoms with Crippen molar-refractivity contribution < 1.29 is 14.1 Å². The summed E-state index contributed by atoms with van der Waals surface area (Å²) in [4.78, 5) is 27.3. The summed E-state index contributed by atoms with van der Waals surface area (Å²) in [6.45, 7) is 8.51. The van der Waals surface area contributed by atoms with Crippen molar-refractivity contribution in [3.8, 4) is 0 Å². The van der Waals surface area contributed by atoms with Gasteiger partial charge in [-0.15, -0.1) is 0 Å². The van der Waals surface area contributed by atoms with E-state index in [1.54, 1.807) is 17.9 Å². The van der Waals surface area contributed by atoms with Gasteiger partial charge in [-0.3, -0.25) is 9.59 Å². The topological polar surface area (TPSA) is 75.4 Å². The lowest BCUT2D eigenvalue weighted by atomic mass is 9.94. The van der Waals surface area contributed by atoms with Crippen molar-refractivity contribution in [1.29, 1.82) is 0 Å². The Kier molecular flexibility index (Phi) is 7.58. The minimum absolute atomic E-state index is 0.000788. The molecule has 2 rings (SSSR count). The summed E-state index contributed by atoms with van der Waals surface area (Å²) in [7, 11) is 0. The number of nitrogens with zero attached hydrogens (tertiary/aromatic N) is 2. The predicted molar refractivity (Wildman–Crippen MR) is 105 cm³/mol. The van der Waals surface area contributed by atoms with Gasteiger partial charge in [0.15, 0.2) is 5.82 Å². The van der Waals surface area contributed by atoms with E-state index in [4.69, 9.17) is 4.52 Å². The molecule has 0 bridgehead atoms. The molecule has 0 aliphatic rings. The zero-order valence-electron chi connectivity index (χ0n) is 16.6. The zero-order chi connectivity index (χ0) is 19.8. The molecule has 1 N–H and O–H groups in total. The summed E-state index contributed by atoms with van der Waals surface area (Å²) >= 11 is 0. The minimum atomic E-state index is -0.275.